The Balaban J connectivity index is 1.76. The van der Waals surface area contributed by atoms with Crippen molar-refractivity contribution in [3.63, 3.8) is 0 Å². The highest BCUT2D eigenvalue weighted by molar-refractivity contribution is 7.13. The van der Waals surface area contributed by atoms with E-state index in [1.807, 2.05) is 6.07 Å². The number of anilines is 1. The fourth-order valence-electron chi connectivity index (χ4n) is 2.51. The summed E-state index contributed by atoms with van der Waals surface area (Å²) in [6.07, 6.45) is 1.82. The van der Waals surface area contributed by atoms with Crippen LogP contribution in [0.4, 0.5) is 9.93 Å². The number of rotatable bonds is 5. The Morgan fingerprint density at radius 3 is 2.65 bits per heavy atom. The minimum atomic E-state index is -1.22. The van der Waals surface area contributed by atoms with Crippen LogP contribution in [0.1, 0.15) is 18.4 Å². The van der Waals surface area contributed by atoms with E-state index in [4.69, 9.17) is 0 Å². The lowest BCUT2D eigenvalue weighted by Gasteiger charge is -2.26. The van der Waals surface area contributed by atoms with Gasteiger partial charge in [-0.15, -0.1) is 11.3 Å². The molecule has 1 atom stereocenters. The van der Waals surface area contributed by atoms with Crippen molar-refractivity contribution in [2.24, 2.45) is 0 Å². The molecule has 0 spiro atoms. The number of carbonyl (C=O) groups excluding carboxylic acids is 3. The number of nitrogens with one attached hydrogen (secondary N) is 3. The Hall–Kier alpha value is -2.74. The van der Waals surface area contributed by atoms with Crippen molar-refractivity contribution in [1.82, 2.24) is 15.6 Å². The molecule has 0 bridgehead atoms. The largest absolute Gasteiger partial charge is 0.322 e. The first-order valence-electron chi connectivity index (χ1n) is 6.99. The van der Waals surface area contributed by atoms with Crippen molar-refractivity contribution in [3.8, 4) is 0 Å². The zero-order valence-electron chi connectivity index (χ0n) is 12.0. The maximum Gasteiger partial charge on any atom is 0.322 e. The molecule has 7 nitrogen and oxygen atoms in total. The number of imide groups is 1. The van der Waals surface area contributed by atoms with Crippen LogP contribution in [0.3, 0.4) is 0 Å². The minimum Gasteiger partial charge on any atom is -0.319 e. The zero-order valence-corrected chi connectivity index (χ0v) is 12.9. The van der Waals surface area contributed by atoms with Crippen molar-refractivity contribution >= 4 is 34.3 Å². The summed E-state index contributed by atoms with van der Waals surface area (Å²) in [5.41, 5.74) is -0.580. The molecule has 23 heavy (non-hydrogen) atoms. The number of thiazole rings is 1. The smallest absolute Gasteiger partial charge is 0.319 e. The van der Waals surface area contributed by atoms with Gasteiger partial charge in [-0.3, -0.25) is 14.9 Å². The molecule has 3 rings (SSSR count). The van der Waals surface area contributed by atoms with E-state index in [9.17, 15) is 14.4 Å². The second-order valence-corrected chi connectivity index (χ2v) is 5.96. The molecule has 1 aromatic heterocycles. The molecule has 0 saturated carbocycles. The molecule has 1 aliphatic heterocycles. The normalized spacial score (nSPS) is 20.0. The SMILES string of the molecule is O=C(CCC1(c2ccccc2)NC(=O)NC1=O)Nc1nccs1. The molecule has 118 valence electrons. The van der Waals surface area contributed by atoms with Crippen LogP contribution in [0.2, 0.25) is 0 Å². The van der Waals surface area contributed by atoms with E-state index in [2.05, 4.69) is 20.9 Å². The molecule has 1 aliphatic rings. The first-order valence-corrected chi connectivity index (χ1v) is 7.86. The lowest BCUT2D eigenvalue weighted by atomic mass is 9.85. The highest BCUT2D eigenvalue weighted by Crippen LogP contribution is 2.30. The van der Waals surface area contributed by atoms with E-state index in [-0.39, 0.29) is 18.7 Å². The minimum absolute atomic E-state index is 0.0716. The Morgan fingerprint density at radius 2 is 2.04 bits per heavy atom. The molecule has 1 saturated heterocycles. The molecular weight excluding hydrogens is 316 g/mol. The third kappa shape index (κ3) is 3.07. The molecule has 0 aliphatic carbocycles. The van der Waals surface area contributed by atoms with Gasteiger partial charge in [0.15, 0.2) is 5.13 Å². The molecule has 2 aromatic rings. The molecule has 2 heterocycles. The van der Waals surface area contributed by atoms with Crippen molar-refractivity contribution in [1.29, 1.82) is 0 Å². The fourth-order valence-corrected chi connectivity index (χ4v) is 3.05. The van der Waals surface area contributed by atoms with Gasteiger partial charge in [-0.05, 0) is 12.0 Å². The maximum absolute atomic E-state index is 12.3. The number of nitrogens with zero attached hydrogens (tertiary/aromatic N) is 1. The van der Waals surface area contributed by atoms with Crippen LogP contribution in [-0.4, -0.2) is 22.8 Å². The van der Waals surface area contributed by atoms with E-state index in [0.717, 1.165) is 0 Å². The van der Waals surface area contributed by atoms with E-state index >= 15 is 0 Å². The van der Waals surface area contributed by atoms with Gasteiger partial charge in [0, 0.05) is 18.0 Å². The topological polar surface area (TPSA) is 100 Å². The fraction of sp³-hybridized carbons (Fsp3) is 0.200. The van der Waals surface area contributed by atoms with Gasteiger partial charge in [-0.25, -0.2) is 9.78 Å². The van der Waals surface area contributed by atoms with E-state index in [0.29, 0.717) is 10.7 Å². The van der Waals surface area contributed by atoms with Crippen molar-refractivity contribution < 1.29 is 14.4 Å². The monoisotopic (exact) mass is 330 g/mol. The third-order valence-corrected chi connectivity index (χ3v) is 4.30. The molecule has 8 heteroatoms. The zero-order chi connectivity index (χ0) is 16.3. The molecule has 1 unspecified atom stereocenters. The third-order valence-electron chi connectivity index (χ3n) is 3.61. The number of benzene rings is 1. The van der Waals surface area contributed by atoms with Gasteiger partial charge in [-0.1, -0.05) is 30.3 Å². The molecule has 1 fully saturated rings. The Kier molecular flexibility index (Phi) is 4.07. The summed E-state index contributed by atoms with van der Waals surface area (Å²) in [6, 6.07) is 8.34. The van der Waals surface area contributed by atoms with Gasteiger partial charge >= 0.3 is 6.03 Å². The quantitative estimate of drug-likeness (QED) is 0.725. The average Bonchev–Trinajstić information content (AvgIpc) is 3.14. The lowest BCUT2D eigenvalue weighted by Crippen LogP contribution is -2.44. The summed E-state index contributed by atoms with van der Waals surface area (Å²) in [7, 11) is 0. The number of carbonyl (C=O) groups is 3. The van der Waals surface area contributed by atoms with E-state index < -0.39 is 17.5 Å². The summed E-state index contributed by atoms with van der Waals surface area (Å²) in [4.78, 5) is 39.9. The van der Waals surface area contributed by atoms with Crippen LogP contribution >= 0.6 is 11.3 Å². The highest BCUT2D eigenvalue weighted by atomic mass is 32.1. The lowest BCUT2D eigenvalue weighted by molar-refractivity contribution is -0.125. The van der Waals surface area contributed by atoms with Gasteiger partial charge in [0.25, 0.3) is 5.91 Å². The predicted molar refractivity (Wildman–Crippen MR) is 84.8 cm³/mol. The van der Waals surface area contributed by atoms with Crippen molar-refractivity contribution in [3.05, 3.63) is 47.5 Å². The summed E-state index contributed by atoms with van der Waals surface area (Å²) in [6.45, 7) is 0. The van der Waals surface area contributed by atoms with Gasteiger partial charge in [0.1, 0.15) is 5.54 Å². The van der Waals surface area contributed by atoms with Gasteiger partial charge < -0.3 is 10.6 Å². The van der Waals surface area contributed by atoms with Crippen molar-refractivity contribution in [2.75, 3.05) is 5.32 Å². The summed E-state index contributed by atoms with van der Waals surface area (Å²) in [5, 5.41) is 9.82. The maximum atomic E-state index is 12.3. The van der Waals surface area contributed by atoms with E-state index in [1.165, 1.54) is 11.3 Å². The highest BCUT2D eigenvalue weighted by Gasteiger charge is 2.47. The Morgan fingerprint density at radius 1 is 1.26 bits per heavy atom. The van der Waals surface area contributed by atoms with Crippen LogP contribution in [-0.2, 0) is 15.1 Å². The number of hydrogen-bond donors (Lipinski definition) is 3. The van der Waals surface area contributed by atoms with E-state index in [1.54, 1.807) is 35.8 Å². The summed E-state index contributed by atoms with van der Waals surface area (Å²) < 4.78 is 0. The Bertz CT molecular complexity index is 732. The number of urea groups is 1. The van der Waals surface area contributed by atoms with Crippen molar-refractivity contribution in [2.45, 2.75) is 18.4 Å². The molecule has 4 amide bonds. The number of aromatic nitrogens is 1. The second kappa shape index (κ2) is 6.17. The van der Waals surface area contributed by atoms with Crippen LogP contribution in [0.25, 0.3) is 0 Å². The van der Waals surface area contributed by atoms with Gasteiger partial charge in [-0.2, -0.15) is 0 Å². The molecular formula is C15H14N4O3S. The van der Waals surface area contributed by atoms with Gasteiger partial charge in [0.2, 0.25) is 5.91 Å². The number of hydrogen-bond acceptors (Lipinski definition) is 5. The predicted octanol–water partition coefficient (Wildman–Crippen LogP) is 1.60. The second-order valence-electron chi connectivity index (χ2n) is 5.07. The van der Waals surface area contributed by atoms with Crippen LogP contribution < -0.4 is 16.0 Å². The average molecular weight is 330 g/mol. The van der Waals surface area contributed by atoms with Crippen LogP contribution in [0.15, 0.2) is 41.9 Å². The summed E-state index contributed by atoms with van der Waals surface area (Å²) in [5.74, 6) is -0.708. The summed E-state index contributed by atoms with van der Waals surface area (Å²) >= 11 is 1.31. The number of amides is 4. The first-order chi connectivity index (χ1) is 11.1. The first kappa shape index (κ1) is 15.2. The van der Waals surface area contributed by atoms with Gasteiger partial charge in [0.05, 0.1) is 0 Å². The molecule has 0 radical (unpaired) electrons. The van der Waals surface area contributed by atoms with Crippen LogP contribution in [0, 0.1) is 0 Å². The Labute approximate surface area is 136 Å². The molecule has 1 aromatic carbocycles. The molecule has 3 N–H and O–H groups in total. The van der Waals surface area contributed by atoms with Crippen LogP contribution in [0.5, 0.6) is 0 Å². The standard InChI is InChI=1S/C15H14N4O3S/c20-11(17-14-16-8-9-23-14)6-7-15(10-4-2-1-3-5-10)12(21)18-13(22)19-15/h1-5,8-9H,6-7H2,(H,16,17,20)(H2,18,19,21,22).